The number of nitrogens with one attached hydrogen (secondary N) is 2. The summed E-state index contributed by atoms with van der Waals surface area (Å²) >= 11 is 0. The molecule has 6 heteroatoms. The van der Waals surface area contributed by atoms with Crippen molar-refractivity contribution in [2.75, 3.05) is 10.6 Å². The van der Waals surface area contributed by atoms with Crippen LogP contribution < -0.4 is 10.6 Å². The third-order valence-electron chi connectivity index (χ3n) is 2.56. The SMILES string of the molecule is CCC(=O)Nc1ccc(Nc2ccccc2C#N)nn1. The van der Waals surface area contributed by atoms with Crippen LogP contribution in [0.25, 0.3) is 0 Å². The summed E-state index contributed by atoms with van der Waals surface area (Å²) in [6, 6.07) is 12.5. The van der Waals surface area contributed by atoms with E-state index in [0.717, 1.165) is 0 Å². The van der Waals surface area contributed by atoms with Crippen molar-refractivity contribution in [1.29, 1.82) is 5.26 Å². The van der Waals surface area contributed by atoms with Gasteiger partial charge in [0.1, 0.15) is 6.07 Å². The quantitative estimate of drug-likeness (QED) is 0.887. The van der Waals surface area contributed by atoms with Gasteiger partial charge < -0.3 is 10.6 Å². The van der Waals surface area contributed by atoms with Gasteiger partial charge in [-0.2, -0.15) is 5.26 Å². The maximum Gasteiger partial charge on any atom is 0.225 e. The minimum Gasteiger partial charge on any atom is -0.338 e. The van der Waals surface area contributed by atoms with Gasteiger partial charge in [0.25, 0.3) is 0 Å². The van der Waals surface area contributed by atoms with E-state index in [-0.39, 0.29) is 5.91 Å². The number of nitrogens with zero attached hydrogens (tertiary/aromatic N) is 3. The minimum atomic E-state index is -0.116. The first-order valence-electron chi connectivity index (χ1n) is 6.12. The molecule has 0 spiro atoms. The van der Waals surface area contributed by atoms with E-state index in [1.165, 1.54) is 0 Å². The first-order valence-corrected chi connectivity index (χ1v) is 6.12. The van der Waals surface area contributed by atoms with E-state index in [1.807, 2.05) is 6.07 Å². The number of amides is 1. The molecule has 0 unspecified atom stereocenters. The van der Waals surface area contributed by atoms with Crippen LogP contribution in [-0.4, -0.2) is 16.1 Å². The molecule has 100 valence electrons. The molecule has 0 saturated heterocycles. The average molecular weight is 267 g/mol. The number of carbonyl (C=O) groups excluding carboxylic acids is 1. The Morgan fingerprint density at radius 2 is 1.90 bits per heavy atom. The van der Waals surface area contributed by atoms with E-state index < -0.39 is 0 Å². The molecule has 2 N–H and O–H groups in total. The number of benzene rings is 1. The molecular weight excluding hydrogens is 254 g/mol. The van der Waals surface area contributed by atoms with Gasteiger partial charge in [0, 0.05) is 6.42 Å². The monoisotopic (exact) mass is 267 g/mol. The van der Waals surface area contributed by atoms with Crippen LogP contribution in [0.15, 0.2) is 36.4 Å². The Labute approximate surface area is 116 Å². The molecular formula is C14H13N5O. The van der Waals surface area contributed by atoms with Crippen LogP contribution in [0.4, 0.5) is 17.3 Å². The van der Waals surface area contributed by atoms with Crippen LogP contribution in [0.5, 0.6) is 0 Å². The molecule has 1 aromatic heterocycles. The second-order valence-corrected chi connectivity index (χ2v) is 3.99. The lowest BCUT2D eigenvalue weighted by molar-refractivity contribution is -0.115. The number of hydrogen-bond acceptors (Lipinski definition) is 5. The normalized spacial score (nSPS) is 9.60. The fourth-order valence-corrected chi connectivity index (χ4v) is 1.52. The van der Waals surface area contributed by atoms with E-state index in [9.17, 15) is 4.79 Å². The van der Waals surface area contributed by atoms with Crippen molar-refractivity contribution >= 4 is 23.2 Å². The van der Waals surface area contributed by atoms with Crippen LogP contribution in [0.3, 0.4) is 0 Å². The van der Waals surface area contributed by atoms with Crippen molar-refractivity contribution < 1.29 is 4.79 Å². The van der Waals surface area contributed by atoms with E-state index >= 15 is 0 Å². The molecule has 0 aliphatic carbocycles. The Hall–Kier alpha value is -2.94. The predicted octanol–water partition coefficient (Wildman–Crippen LogP) is 2.44. The highest BCUT2D eigenvalue weighted by molar-refractivity contribution is 5.89. The van der Waals surface area contributed by atoms with Gasteiger partial charge in [-0.05, 0) is 24.3 Å². The summed E-state index contributed by atoms with van der Waals surface area (Å²) in [6.45, 7) is 1.76. The third kappa shape index (κ3) is 3.29. The summed E-state index contributed by atoms with van der Waals surface area (Å²) in [5.74, 6) is 0.785. The average Bonchev–Trinajstić information content (AvgIpc) is 2.49. The lowest BCUT2D eigenvalue weighted by Gasteiger charge is -2.07. The van der Waals surface area contributed by atoms with Crippen LogP contribution in [0.1, 0.15) is 18.9 Å². The summed E-state index contributed by atoms with van der Waals surface area (Å²) in [5.41, 5.74) is 1.19. The van der Waals surface area contributed by atoms with Gasteiger partial charge in [0.05, 0.1) is 11.3 Å². The maximum atomic E-state index is 11.2. The zero-order valence-corrected chi connectivity index (χ0v) is 10.9. The second kappa shape index (κ2) is 6.29. The lowest BCUT2D eigenvalue weighted by Crippen LogP contribution is -2.11. The number of nitriles is 1. The van der Waals surface area contributed by atoms with E-state index in [1.54, 1.807) is 37.3 Å². The molecule has 0 atom stereocenters. The molecule has 0 aliphatic rings. The van der Waals surface area contributed by atoms with E-state index in [2.05, 4.69) is 26.9 Å². The lowest BCUT2D eigenvalue weighted by atomic mass is 10.2. The molecule has 0 fully saturated rings. The fraction of sp³-hybridized carbons (Fsp3) is 0.143. The summed E-state index contributed by atoms with van der Waals surface area (Å²) in [5, 5.41) is 22.5. The van der Waals surface area contributed by atoms with E-state index in [4.69, 9.17) is 5.26 Å². The molecule has 2 aromatic rings. The highest BCUT2D eigenvalue weighted by Crippen LogP contribution is 2.18. The molecule has 20 heavy (non-hydrogen) atoms. The standard InChI is InChI=1S/C14H13N5O/c1-2-14(20)17-13-8-7-12(18-19-13)16-11-6-4-3-5-10(11)9-15/h3-8H,2H2,1H3,(H,16,18)(H,17,19,20). The molecule has 1 heterocycles. The second-order valence-electron chi connectivity index (χ2n) is 3.99. The largest absolute Gasteiger partial charge is 0.338 e. The van der Waals surface area contributed by atoms with Gasteiger partial charge in [-0.25, -0.2) is 0 Å². The molecule has 0 aliphatic heterocycles. The first kappa shape index (κ1) is 13.5. The van der Waals surface area contributed by atoms with Gasteiger partial charge in [-0.15, -0.1) is 10.2 Å². The summed E-state index contributed by atoms with van der Waals surface area (Å²) in [4.78, 5) is 11.2. The van der Waals surface area contributed by atoms with Gasteiger partial charge in [0.15, 0.2) is 11.6 Å². The van der Waals surface area contributed by atoms with Crippen molar-refractivity contribution in [2.45, 2.75) is 13.3 Å². The van der Waals surface area contributed by atoms with Crippen LogP contribution in [-0.2, 0) is 4.79 Å². The Bertz CT molecular complexity index is 645. The van der Waals surface area contributed by atoms with Crippen molar-refractivity contribution in [3.8, 4) is 6.07 Å². The first-order chi connectivity index (χ1) is 9.72. The molecule has 2 rings (SSSR count). The number of anilines is 3. The van der Waals surface area contributed by atoms with Gasteiger partial charge in [0.2, 0.25) is 5.91 Å². The molecule has 1 amide bonds. The molecule has 6 nitrogen and oxygen atoms in total. The molecule has 0 radical (unpaired) electrons. The molecule has 1 aromatic carbocycles. The number of hydrogen-bond donors (Lipinski definition) is 2. The number of carbonyl (C=O) groups is 1. The molecule has 0 bridgehead atoms. The van der Waals surface area contributed by atoms with Gasteiger partial charge >= 0.3 is 0 Å². The Kier molecular flexibility index (Phi) is 4.24. The highest BCUT2D eigenvalue weighted by Gasteiger charge is 2.04. The molecule has 0 saturated carbocycles. The van der Waals surface area contributed by atoms with Crippen molar-refractivity contribution in [2.24, 2.45) is 0 Å². The minimum absolute atomic E-state index is 0.116. The topological polar surface area (TPSA) is 90.7 Å². The van der Waals surface area contributed by atoms with Crippen LogP contribution >= 0.6 is 0 Å². The number of rotatable bonds is 4. The van der Waals surface area contributed by atoms with Crippen LogP contribution in [0, 0.1) is 11.3 Å². The number of para-hydroxylation sites is 1. The maximum absolute atomic E-state index is 11.2. The predicted molar refractivity (Wildman–Crippen MR) is 75.4 cm³/mol. The van der Waals surface area contributed by atoms with Gasteiger partial charge in [-0.3, -0.25) is 4.79 Å². The summed E-state index contributed by atoms with van der Waals surface area (Å²) < 4.78 is 0. The van der Waals surface area contributed by atoms with Gasteiger partial charge in [-0.1, -0.05) is 19.1 Å². The fourth-order valence-electron chi connectivity index (χ4n) is 1.52. The highest BCUT2D eigenvalue weighted by atomic mass is 16.1. The van der Waals surface area contributed by atoms with Crippen molar-refractivity contribution in [3.05, 3.63) is 42.0 Å². The number of aromatic nitrogens is 2. The Morgan fingerprint density at radius 1 is 1.20 bits per heavy atom. The van der Waals surface area contributed by atoms with Crippen molar-refractivity contribution in [1.82, 2.24) is 10.2 Å². The zero-order chi connectivity index (χ0) is 14.4. The summed E-state index contributed by atoms with van der Waals surface area (Å²) in [7, 11) is 0. The smallest absolute Gasteiger partial charge is 0.225 e. The van der Waals surface area contributed by atoms with Crippen LogP contribution in [0.2, 0.25) is 0 Å². The summed E-state index contributed by atoms with van der Waals surface area (Å²) in [6.07, 6.45) is 0.386. The van der Waals surface area contributed by atoms with Crippen molar-refractivity contribution in [3.63, 3.8) is 0 Å². The Morgan fingerprint density at radius 3 is 2.55 bits per heavy atom. The third-order valence-corrected chi connectivity index (χ3v) is 2.56. The van der Waals surface area contributed by atoms with E-state index in [0.29, 0.717) is 29.3 Å². The zero-order valence-electron chi connectivity index (χ0n) is 10.9. The Balaban J connectivity index is 2.11.